The number of carbonyl (C=O) groups excluding carboxylic acids is 2. The molecule has 0 radical (unpaired) electrons. The monoisotopic (exact) mass is 571 g/mol. The lowest BCUT2D eigenvalue weighted by molar-refractivity contribution is -0.151. The minimum atomic E-state index is -0.633. The van der Waals surface area contributed by atoms with Crippen molar-refractivity contribution in [3.63, 3.8) is 0 Å². The zero-order valence-corrected chi connectivity index (χ0v) is 24.1. The number of amides is 1. The summed E-state index contributed by atoms with van der Waals surface area (Å²) in [6.45, 7) is 2.22. The number of halogens is 1. The average molecular weight is 573 g/mol. The molecule has 0 spiro atoms. The highest BCUT2D eigenvalue weighted by molar-refractivity contribution is 9.10. The molecule has 1 aromatic rings. The van der Waals surface area contributed by atoms with Crippen molar-refractivity contribution in [1.82, 2.24) is 5.32 Å². The number of hydrogen-bond donors (Lipinski definition) is 1. The maximum atomic E-state index is 11.8. The van der Waals surface area contributed by atoms with Gasteiger partial charge in [-0.2, -0.15) is 0 Å². The predicted octanol–water partition coefficient (Wildman–Crippen LogP) is 7.72. The van der Waals surface area contributed by atoms with E-state index in [9.17, 15) is 9.59 Å². The van der Waals surface area contributed by atoms with Crippen molar-refractivity contribution in [1.29, 1.82) is 0 Å². The summed E-state index contributed by atoms with van der Waals surface area (Å²) in [4.78, 5) is 23.7. The van der Waals surface area contributed by atoms with Gasteiger partial charge in [0, 0.05) is 13.0 Å². The Bertz CT molecular complexity index is 743. The molecule has 0 aromatic heterocycles. The van der Waals surface area contributed by atoms with Crippen LogP contribution in [-0.2, 0) is 20.7 Å². The number of rotatable bonds is 21. The molecule has 1 rings (SSSR count). The van der Waals surface area contributed by atoms with Gasteiger partial charge >= 0.3 is 12.1 Å². The Balaban J connectivity index is 2.00. The van der Waals surface area contributed by atoms with Crippen LogP contribution in [0.25, 0.3) is 0 Å². The minimum absolute atomic E-state index is 0.336. The quantitative estimate of drug-likeness (QED) is 0.0923. The van der Waals surface area contributed by atoms with Crippen molar-refractivity contribution in [3.8, 4) is 11.5 Å². The lowest BCUT2D eigenvalue weighted by Gasteiger charge is -2.13. The molecule has 8 heteroatoms. The number of benzene rings is 1. The summed E-state index contributed by atoms with van der Waals surface area (Å²) >= 11 is 3.42. The number of carbonyl (C=O) groups is 2. The second-order valence-electron chi connectivity index (χ2n) is 9.03. The number of unbranched alkanes of at least 4 members (excludes halogenated alkanes) is 12. The van der Waals surface area contributed by atoms with Crippen LogP contribution < -0.4 is 14.8 Å². The zero-order valence-electron chi connectivity index (χ0n) is 22.5. The van der Waals surface area contributed by atoms with E-state index < -0.39 is 6.09 Å². The predicted molar refractivity (Wildman–Crippen MR) is 147 cm³/mol. The maximum Gasteiger partial charge on any atom is 0.410 e. The molecule has 0 aliphatic heterocycles. The first kappa shape index (κ1) is 32.1. The Morgan fingerprint density at radius 3 is 1.89 bits per heavy atom. The molecule has 1 amide bonds. The van der Waals surface area contributed by atoms with E-state index in [0.29, 0.717) is 30.9 Å². The molecular weight excluding hydrogens is 526 g/mol. The van der Waals surface area contributed by atoms with Crippen LogP contribution in [-0.4, -0.2) is 39.6 Å². The van der Waals surface area contributed by atoms with Gasteiger partial charge in [0.2, 0.25) is 6.79 Å². The first-order chi connectivity index (χ1) is 17.5. The molecule has 0 saturated heterocycles. The molecule has 0 bridgehead atoms. The fraction of sp³-hybridized carbons (Fsp3) is 0.714. The fourth-order valence-corrected chi connectivity index (χ4v) is 4.46. The van der Waals surface area contributed by atoms with Gasteiger partial charge in [-0.25, -0.2) is 4.79 Å². The molecule has 7 nitrogen and oxygen atoms in total. The Hall–Kier alpha value is -1.96. The van der Waals surface area contributed by atoms with Crippen molar-refractivity contribution < 1.29 is 28.5 Å². The van der Waals surface area contributed by atoms with Gasteiger partial charge in [0.25, 0.3) is 0 Å². The van der Waals surface area contributed by atoms with Gasteiger partial charge in [-0.05, 0) is 46.5 Å². The van der Waals surface area contributed by atoms with Gasteiger partial charge in [0.15, 0.2) is 0 Å². The van der Waals surface area contributed by atoms with Crippen molar-refractivity contribution in [2.75, 3.05) is 27.6 Å². The first-order valence-corrected chi connectivity index (χ1v) is 14.3. The normalized spacial score (nSPS) is 10.7. The molecule has 206 valence electrons. The molecule has 0 atom stereocenters. The highest BCUT2D eigenvalue weighted by Crippen LogP contribution is 2.32. The standard InChI is InChI=1S/C28H46BrNO6/c1-4-5-6-7-8-9-10-11-12-13-14-15-16-17-27(31)35-22-36-28(32)30-19-18-23-20-26(34-3)24(29)21-25(23)33-2/h20-21H,4-19,22H2,1-3H3,(H,30,32). The van der Waals surface area contributed by atoms with E-state index in [1.54, 1.807) is 14.2 Å². The number of hydrogen-bond acceptors (Lipinski definition) is 6. The van der Waals surface area contributed by atoms with Crippen molar-refractivity contribution in [3.05, 3.63) is 22.2 Å². The van der Waals surface area contributed by atoms with E-state index in [1.165, 1.54) is 64.2 Å². The fourth-order valence-electron chi connectivity index (χ4n) is 3.98. The largest absolute Gasteiger partial charge is 0.496 e. The number of nitrogens with one attached hydrogen (secondary N) is 1. The number of alkyl carbamates (subject to hydrolysis) is 1. The van der Waals surface area contributed by atoms with Crippen LogP contribution in [0.2, 0.25) is 0 Å². The smallest absolute Gasteiger partial charge is 0.410 e. The van der Waals surface area contributed by atoms with Crippen molar-refractivity contribution >= 4 is 28.0 Å². The minimum Gasteiger partial charge on any atom is -0.496 e. The Kier molecular flexibility index (Phi) is 18.8. The Morgan fingerprint density at radius 2 is 1.33 bits per heavy atom. The molecular formula is C28H46BrNO6. The summed E-state index contributed by atoms with van der Waals surface area (Å²) in [5, 5.41) is 2.64. The molecule has 36 heavy (non-hydrogen) atoms. The first-order valence-electron chi connectivity index (χ1n) is 13.5. The molecule has 0 unspecified atom stereocenters. The van der Waals surface area contributed by atoms with Crippen LogP contribution in [0.3, 0.4) is 0 Å². The van der Waals surface area contributed by atoms with Gasteiger partial charge in [0.1, 0.15) is 11.5 Å². The van der Waals surface area contributed by atoms with E-state index in [-0.39, 0.29) is 12.8 Å². The topological polar surface area (TPSA) is 83.1 Å². The lowest BCUT2D eigenvalue weighted by atomic mass is 10.0. The van der Waals surface area contributed by atoms with E-state index in [1.807, 2.05) is 12.1 Å². The van der Waals surface area contributed by atoms with Crippen molar-refractivity contribution in [2.45, 2.75) is 103 Å². The number of esters is 1. The van der Waals surface area contributed by atoms with Gasteiger partial charge < -0.3 is 24.3 Å². The summed E-state index contributed by atoms with van der Waals surface area (Å²) in [6.07, 6.45) is 16.6. The van der Waals surface area contributed by atoms with E-state index >= 15 is 0 Å². The van der Waals surface area contributed by atoms with E-state index in [2.05, 4.69) is 28.2 Å². The maximum absolute atomic E-state index is 11.8. The van der Waals surface area contributed by atoms with Gasteiger partial charge in [-0.15, -0.1) is 0 Å². The van der Waals surface area contributed by atoms with Crippen molar-refractivity contribution in [2.24, 2.45) is 0 Å². The van der Waals surface area contributed by atoms with Crippen LogP contribution in [0, 0.1) is 0 Å². The van der Waals surface area contributed by atoms with Gasteiger partial charge in [-0.3, -0.25) is 4.79 Å². The SMILES string of the molecule is CCCCCCCCCCCCCCCC(=O)OCOC(=O)NCCc1cc(OC)c(Br)cc1OC. The van der Waals surface area contributed by atoms with Crippen LogP contribution in [0.1, 0.15) is 102 Å². The number of ether oxygens (including phenoxy) is 4. The highest BCUT2D eigenvalue weighted by Gasteiger charge is 2.11. The third-order valence-corrected chi connectivity index (χ3v) is 6.73. The molecule has 1 aromatic carbocycles. The van der Waals surface area contributed by atoms with Crippen LogP contribution >= 0.6 is 15.9 Å². The second-order valence-corrected chi connectivity index (χ2v) is 9.89. The van der Waals surface area contributed by atoms with Crippen LogP contribution in [0.5, 0.6) is 11.5 Å². The third-order valence-electron chi connectivity index (χ3n) is 6.11. The molecule has 0 saturated carbocycles. The Morgan fingerprint density at radius 1 is 0.778 bits per heavy atom. The summed E-state index contributed by atoms with van der Waals surface area (Å²) in [5.74, 6) is 1.04. The average Bonchev–Trinajstić information content (AvgIpc) is 2.87. The van der Waals surface area contributed by atoms with Crippen LogP contribution in [0.4, 0.5) is 4.79 Å². The zero-order chi connectivity index (χ0) is 26.4. The Labute approximate surface area is 226 Å². The summed E-state index contributed by atoms with van der Waals surface area (Å²) < 4.78 is 21.4. The van der Waals surface area contributed by atoms with Gasteiger partial charge in [-0.1, -0.05) is 84.0 Å². The lowest BCUT2D eigenvalue weighted by Crippen LogP contribution is -2.27. The van der Waals surface area contributed by atoms with Crippen LogP contribution in [0.15, 0.2) is 16.6 Å². The summed E-state index contributed by atoms with van der Waals surface area (Å²) in [7, 11) is 3.18. The second kappa shape index (κ2) is 21.2. The molecule has 0 heterocycles. The summed E-state index contributed by atoms with van der Waals surface area (Å²) in [6, 6.07) is 3.68. The number of methoxy groups -OCH3 is 2. The molecule has 0 fully saturated rings. The van der Waals surface area contributed by atoms with Gasteiger partial charge in [0.05, 0.1) is 18.7 Å². The molecule has 0 aliphatic rings. The third kappa shape index (κ3) is 15.2. The molecule has 0 aliphatic carbocycles. The van der Waals surface area contributed by atoms with E-state index in [0.717, 1.165) is 29.3 Å². The summed E-state index contributed by atoms with van der Waals surface area (Å²) in [5.41, 5.74) is 0.891. The molecule has 1 N–H and O–H groups in total. The highest BCUT2D eigenvalue weighted by atomic mass is 79.9. The van der Waals surface area contributed by atoms with E-state index in [4.69, 9.17) is 18.9 Å².